The summed E-state index contributed by atoms with van der Waals surface area (Å²) in [6, 6.07) is 10.8. The minimum absolute atomic E-state index is 0.00388. The van der Waals surface area contributed by atoms with Crippen molar-refractivity contribution >= 4 is 72.8 Å². The number of anilines is 3. The van der Waals surface area contributed by atoms with Crippen LogP contribution in [0.2, 0.25) is 5.02 Å². The molecule has 1 atom stereocenters. The summed E-state index contributed by atoms with van der Waals surface area (Å²) in [5.74, 6) is -4.69. The number of halogens is 3. The molecule has 1 unspecified atom stereocenters. The zero-order chi connectivity index (χ0) is 44.4. The number of hydrogen-bond donors (Lipinski definition) is 2. The lowest BCUT2D eigenvalue weighted by Gasteiger charge is -2.40. The summed E-state index contributed by atoms with van der Waals surface area (Å²) < 4.78 is 65.4. The summed E-state index contributed by atoms with van der Waals surface area (Å²) in [7, 11) is -2.34. The maximum atomic E-state index is 15.9. The van der Waals surface area contributed by atoms with E-state index >= 15 is 8.78 Å². The summed E-state index contributed by atoms with van der Waals surface area (Å²) in [6.07, 6.45) is 5.73. The zero-order valence-corrected chi connectivity index (χ0v) is 36.6. The number of para-hydroxylation sites is 1. The van der Waals surface area contributed by atoms with Crippen LogP contribution in [0.4, 0.5) is 26.1 Å². The number of sulfonamides is 1. The molecule has 3 aromatic heterocycles. The lowest BCUT2D eigenvalue weighted by atomic mass is 9.91. The number of alkyl halides is 2. The number of aryl methyl sites for hydroxylation is 2. The predicted octanol–water partition coefficient (Wildman–Crippen LogP) is 5.10. The second kappa shape index (κ2) is 16.7. The summed E-state index contributed by atoms with van der Waals surface area (Å²) in [4.78, 5) is 63.9. The van der Waals surface area contributed by atoms with E-state index in [1.807, 2.05) is 6.07 Å². The molecule has 334 valence electrons. The minimum atomic E-state index is -3.98. The van der Waals surface area contributed by atoms with Crippen molar-refractivity contribution in [3.8, 4) is 0 Å². The van der Waals surface area contributed by atoms with Gasteiger partial charge in [0.1, 0.15) is 16.7 Å². The van der Waals surface area contributed by atoms with Gasteiger partial charge in [-0.05, 0) is 81.0 Å². The Morgan fingerprint density at radius 3 is 2.35 bits per heavy atom. The van der Waals surface area contributed by atoms with E-state index in [0.717, 1.165) is 31.4 Å². The predicted molar refractivity (Wildman–Crippen MR) is 234 cm³/mol. The fourth-order valence-corrected chi connectivity index (χ4v) is 11.6. The normalized spacial score (nSPS) is 20.3. The van der Waals surface area contributed by atoms with Crippen molar-refractivity contribution in [2.24, 2.45) is 13.0 Å². The molecule has 0 radical (unpaired) electrons. The molecule has 20 heteroatoms. The molecular formula is C43H49ClF2N10O6S. The smallest absolute Gasteiger partial charge is 0.329 e. The molecule has 0 spiro atoms. The molecule has 2 aromatic carbocycles. The van der Waals surface area contributed by atoms with Crippen LogP contribution in [0.25, 0.3) is 22.1 Å². The number of nitrogens with one attached hydrogen (secondary N) is 2. The maximum absolute atomic E-state index is 15.9. The SMILES string of the molecule is Cc1cc(S(=O)(=O)N2CCC(C(F)(F)CN3CCN(c4cccc5c4n(C)c(=O)n5C4CCC(=O)NC4=O)CC3)CC2)ccc1Nc1ncc2cc(Cl)c(=O)n(C3CCCC3)c2n1. The van der Waals surface area contributed by atoms with Crippen molar-refractivity contribution in [2.75, 3.05) is 56.0 Å². The molecule has 1 aliphatic carbocycles. The van der Waals surface area contributed by atoms with E-state index in [0.29, 0.717) is 59.5 Å². The number of fused-ring (bicyclic) bond motifs is 2. The Labute approximate surface area is 366 Å². The van der Waals surface area contributed by atoms with Crippen LogP contribution in [0.15, 0.2) is 63.1 Å². The van der Waals surface area contributed by atoms with Crippen LogP contribution < -0.4 is 26.8 Å². The van der Waals surface area contributed by atoms with Crippen molar-refractivity contribution in [1.29, 1.82) is 0 Å². The van der Waals surface area contributed by atoms with Gasteiger partial charge in [0.25, 0.3) is 11.5 Å². The standard InChI is InChI=1S/C43H49ClF2N10O6S/c1-26-22-30(10-11-32(26)48-41-47-24-27-23-31(44)40(59)55(38(27)50-41)29-6-3-4-7-29)63(61,62)54-16-14-28(15-17-54)43(45,46)25-52-18-20-53(21-19-52)33-8-5-9-34-37(33)51(2)42(60)56(34)35-12-13-36(57)49-39(35)58/h5,8-11,22-24,28-29,35H,3-4,6-7,12-21,25H2,1-2H3,(H,47,48,50)(H,49,57,58). The third-order valence-corrected chi connectivity index (χ3v) is 15.5. The van der Waals surface area contributed by atoms with Gasteiger partial charge in [-0.3, -0.25) is 38.3 Å². The van der Waals surface area contributed by atoms with Crippen LogP contribution in [-0.2, 0) is 26.7 Å². The average Bonchev–Trinajstić information content (AvgIpc) is 3.88. The second-order valence-electron chi connectivity index (χ2n) is 17.2. The Balaban J connectivity index is 0.815. The molecule has 2 amide bonds. The number of amides is 2. The largest absolute Gasteiger partial charge is 0.367 e. The molecule has 0 bridgehead atoms. The highest BCUT2D eigenvalue weighted by atomic mass is 35.5. The highest BCUT2D eigenvalue weighted by Gasteiger charge is 2.44. The number of carbonyl (C=O) groups is 2. The highest BCUT2D eigenvalue weighted by Crippen LogP contribution is 2.37. The van der Waals surface area contributed by atoms with Crippen molar-refractivity contribution in [3.05, 3.63) is 80.1 Å². The quantitative estimate of drug-likeness (QED) is 0.178. The highest BCUT2D eigenvalue weighted by molar-refractivity contribution is 7.89. The van der Waals surface area contributed by atoms with E-state index in [-0.39, 0.29) is 77.8 Å². The van der Waals surface area contributed by atoms with E-state index in [2.05, 4.69) is 25.5 Å². The molecule has 4 aliphatic rings. The monoisotopic (exact) mass is 906 g/mol. The molecule has 4 fully saturated rings. The second-order valence-corrected chi connectivity index (χ2v) is 19.6. The Kier molecular flexibility index (Phi) is 11.4. The molecule has 5 aromatic rings. The molecule has 6 heterocycles. The summed E-state index contributed by atoms with van der Waals surface area (Å²) in [6.45, 7) is 2.82. The third-order valence-electron chi connectivity index (χ3n) is 13.3. The van der Waals surface area contributed by atoms with Gasteiger partial charge in [0.15, 0.2) is 0 Å². The fraction of sp³-hybridized carbons (Fsp3) is 0.488. The van der Waals surface area contributed by atoms with Gasteiger partial charge >= 0.3 is 5.69 Å². The Bertz CT molecular complexity index is 2860. The van der Waals surface area contributed by atoms with Crippen LogP contribution in [0.3, 0.4) is 0 Å². The van der Waals surface area contributed by atoms with E-state index in [1.54, 1.807) is 60.0 Å². The number of imidazole rings is 1. The summed E-state index contributed by atoms with van der Waals surface area (Å²) >= 11 is 6.28. The van der Waals surface area contributed by atoms with Gasteiger partial charge in [0.2, 0.25) is 27.8 Å². The molecule has 16 nitrogen and oxygen atoms in total. The first-order valence-corrected chi connectivity index (χ1v) is 23.3. The average molecular weight is 907 g/mol. The number of carbonyl (C=O) groups excluding carboxylic acids is 2. The van der Waals surface area contributed by atoms with E-state index < -0.39 is 40.4 Å². The first-order chi connectivity index (χ1) is 30.1. The molecule has 3 saturated heterocycles. The number of rotatable bonds is 10. The van der Waals surface area contributed by atoms with Crippen LogP contribution in [-0.4, -0.2) is 105 Å². The number of piperazine rings is 1. The molecular weight excluding hydrogens is 858 g/mol. The zero-order valence-electron chi connectivity index (χ0n) is 35.0. The Morgan fingerprint density at radius 2 is 1.65 bits per heavy atom. The lowest BCUT2D eigenvalue weighted by Crippen LogP contribution is -2.53. The molecule has 3 aliphatic heterocycles. The summed E-state index contributed by atoms with van der Waals surface area (Å²) in [5, 5.41) is 6.24. The molecule has 9 rings (SSSR count). The fourth-order valence-electron chi connectivity index (χ4n) is 9.85. The number of pyridine rings is 1. The first-order valence-electron chi connectivity index (χ1n) is 21.4. The van der Waals surface area contributed by atoms with Gasteiger partial charge in [0.05, 0.1) is 28.2 Å². The number of benzene rings is 2. The minimum Gasteiger partial charge on any atom is -0.367 e. The maximum Gasteiger partial charge on any atom is 0.329 e. The number of imide groups is 1. The lowest BCUT2D eigenvalue weighted by molar-refractivity contribution is -0.135. The molecule has 2 N–H and O–H groups in total. The topological polar surface area (TPSA) is 177 Å². The van der Waals surface area contributed by atoms with Gasteiger partial charge in [-0.15, -0.1) is 0 Å². The van der Waals surface area contributed by atoms with Gasteiger partial charge in [-0.25, -0.2) is 27.0 Å². The van der Waals surface area contributed by atoms with E-state index in [4.69, 9.17) is 11.6 Å². The van der Waals surface area contributed by atoms with Gasteiger partial charge in [-0.2, -0.15) is 9.29 Å². The summed E-state index contributed by atoms with van der Waals surface area (Å²) in [5.41, 5.74) is 2.94. The van der Waals surface area contributed by atoms with Crippen molar-refractivity contribution in [1.82, 2.24) is 38.2 Å². The van der Waals surface area contributed by atoms with E-state index in [1.165, 1.54) is 19.5 Å². The third kappa shape index (κ3) is 8.01. The van der Waals surface area contributed by atoms with Crippen molar-refractivity contribution in [3.63, 3.8) is 0 Å². The number of hydrogen-bond acceptors (Lipinski definition) is 11. The van der Waals surface area contributed by atoms with Crippen LogP contribution in [0, 0.1) is 12.8 Å². The molecule has 63 heavy (non-hydrogen) atoms. The van der Waals surface area contributed by atoms with Gasteiger partial charge < -0.3 is 10.2 Å². The van der Waals surface area contributed by atoms with Gasteiger partial charge in [0, 0.05) is 82.0 Å². The number of nitrogens with zero attached hydrogens (tertiary/aromatic N) is 8. The van der Waals surface area contributed by atoms with Crippen LogP contribution in [0.1, 0.15) is 69.0 Å². The van der Waals surface area contributed by atoms with Crippen molar-refractivity contribution in [2.45, 2.75) is 81.2 Å². The van der Waals surface area contributed by atoms with E-state index in [9.17, 15) is 27.6 Å². The molecule has 1 saturated carbocycles. The van der Waals surface area contributed by atoms with Crippen molar-refractivity contribution < 1.29 is 26.8 Å². The number of aromatic nitrogens is 5. The Hall–Kier alpha value is -5.24. The van der Waals surface area contributed by atoms with Crippen LogP contribution in [0.5, 0.6) is 0 Å². The van der Waals surface area contributed by atoms with Gasteiger partial charge in [-0.1, -0.05) is 30.5 Å². The Morgan fingerprint density at radius 1 is 0.921 bits per heavy atom. The van der Waals surface area contributed by atoms with Crippen LogP contribution >= 0.6 is 11.6 Å². The number of piperidine rings is 2. The first kappa shape index (κ1) is 43.0.